The summed E-state index contributed by atoms with van der Waals surface area (Å²) in [5, 5.41) is 0.567. The lowest BCUT2D eigenvalue weighted by Crippen LogP contribution is -2.38. The number of alkyl halides is 3. The van der Waals surface area contributed by atoms with E-state index in [1.165, 1.54) is 12.1 Å². The monoisotopic (exact) mass is 513 g/mol. The Labute approximate surface area is 213 Å². The minimum atomic E-state index is -4.43. The summed E-state index contributed by atoms with van der Waals surface area (Å²) < 4.78 is 41.3. The Hall–Kier alpha value is -3.32. The normalized spacial score (nSPS) is 11.9. The lowest BCUT2D eigenvalue weighted by atomic mass is 10.0. The van der Waals surface area contributed by atoms with E-state index in [1.807, 2.05) is 57.4 Å². The summed E-state index contributed by atoms with van der Waals surface area (Å²) in [5.74, 6) is 0.403. The molecule has 0 fully saturated rings. The van der Waals surface area contributed by atoms with Crippen LogP contribution in [0.3, 0.4) is 0 Å². The first kappa shape index (κ1) is 25.8. The van der Waals surface area contributed by atoms with Crippen molar-refractivity contribution in [2.24, 2.45) is 0 Å². The molecule has 0 atom stereocenters. The topological polar surface area (TPSA) is 38.1 Å². The smallest absolute Gasteiger partial charge is 0.329 e. The van der Waals surface area contributed by atoms with Gasteiger partial charge in [-0.25, -0.2) is 4.98 Å². The molecule has 0 saturated heterocycles. The average molecular weight is 514 g/mol. The molecule has 0 saturated carbocycles. The number of hydrogen-bond donors (Lipinski definition) is 0. The molecule has 0 N–H and O–H groups in total. The number of imidazole rings is 1. The molecule has 188 valence electrons. The van der Waals surface area contributed by atoms with Crippen LogP contribution in [-0.2, 0) is 12.7 Å². The van der Waals surface area contributed by atoms with Crippen LogP contribution in [0.15, 0.2) is 54.6 Å². The molecular formula is C28H27ClF3N3O. The lowest BCUT2D eigenvalue weighted by molar-refractivity contribution is -0.137. The number of carbonyl (C=O) groups excluding carboxylic acids is 1. The van der Waals surface area contributed by atoms with E-state index in [4.69, 9.17) is 16.6 Å². The Morgan fingerprint density at radius 3 is 2.17 bits per heavy atom. The quantitative estimate of drug-likeness (QED) is 0.274. The Morgan fingerprint density at radius 2 is 1.61 bits per heavy atom. The molecule has 1 amide bonds. The molecule has 0 aliphatic carbocycles. The van der Waals surface area contributed by atoms with E-state index in [2.05, 4.69) is 0 Å². The molecular weight excluding hydrogens is 487 g/mol. The van der Waals surface area contributed by atoms with Crippen LogP contribution in [0.5, 0.6) is 0 Å². The van der Waals surface area contributed by atoms with E-state index in [1.54, 1.807) is 17.0 Å². The number of aromatic nitrogens is 2. The van der Waals surface area contributed by atoms with Crippen LogP contribution < -0.4 is 0 Å². The molecule has 1 aromatic heterocycles. The standard InChI is InChI=1S/C28H27ClF3N3O/c1-16(2)34(27(36)26-18(4)13-21(29)14-19(26)5)15-25-33-23-12-17(3)6-11-24(23)35(25)22-9-7-20(8-10-22)28(30,31)32/h6-14,16H,15H2,1-5H3. The van der Waals surface area contributed by atoms with Gasteiger partial charge in [-0.05, 0) is 99.8 Å². The van der Waals surface area contributed by atoms with Gasteiger partial charge >= 0.3 is 6.18 Å². The fourth-order valence-electron chi connectivity index (χ4n) is 4.47. The Morgan fingerprint density at radius 1 is 1.00 bits per heavy atom. The zero-order chi connectivity index (χ0) is 26.4. The first-order valence-corrected chi connectivity index (χ1v) is 12.0. The predicted octanol–water partition coefficient (Wildman–Crippen LogP) is 7.67. The van der Waals surface area contributed by atoms with Crippen LogP contribution in [0.1, 0.15) is 52.3 Å². The summed E-state index contributed by atoms with van der Waals surface area (Å²) in [6.07, 6.45) is -4.43. The summed E-state index contributed by atoms with van der Waals surface area (Å²) in [6.45, 7) is 9.68. The van der Waals surface area contributed by atoms with Crippen LogP contribution in [-0.4, -0.2) is 26.4 Å². The molecule has 36 heavy (non-hydrogen) atoms. The van der Waals surface area contributed by atoms with Gasteiger partial charge in [-0.1, -0.05) is 17.7 Å². The van der Waals surface area contributed by atoms with Crippen LogP contribution >= 0.6 is 11.6 Å². The summed E-state index contributed by atoms with van der Waals surface area (Å²) in [4.78, 5) is 20.3. The molecule has 3 aromatic carbocycles. The second-order valence-corrected chi connectivity index (χ2v) is 9.78. The van der Waals surface area contributed by atoms with Crippen molar-refractivity contribution in [2.75, 3.05) is 0 Å². The van der Waals surface area contributed by atoms with Gasteiger partial charge in [-0.2, -0.15) is 13.2 Å². The number of benzene rings is 3. The van der Waals surface area contributed by atoms with Crippen LogP contribution in [0.4, 0.5) is 13.2 Å². The summed E-state index contributed by atoms with van der Waals surface area (Å²) in [5.41, 5.74) is 4.44. The highest BCUT2D eigenvalue weighted by molar-refractivity contribution is 6.30. The van der Waals surface area contributed by atoms with Gasteiger partial charge in [0.15, 0.2) is 0 Å². The van der Waals surface area contributed by atoms with Crippen molar-refractivity contribution in [3.05, 3.63) is 93.3 Å². The van der Waals surface area contributed by atoms with Gasteiger partial charge in [0, 0.05) is 22.3 Å². The number of hydrogen-bond acceptors (Lipinski definition) is 2. The van der Waals surface area contributed by atoms with E-state index in [9.17, 15) is 18.0 Å². The molecule has 8 heteroatoms. The Kier molecular flexibility index (Phi) is 6.88. The van der Waals surface area contributed by atoms with Crippen LogP contribution in [0.25, 0.3) is 16.7 Å². The van der Waals surface area contributed by atoms with E-state index in [0.29, 0.717) is 27.6 Å². The van der Waals surface area contributed by atoms with Crippen molar-refractivity contribution < 1.29 is 18.0 Å². The van der Waals surface area contributed by atoms with Crippen molar-refractivity contribution in [1.29, 1.82) is 0 Å². The minimum absolute atomic E-state index is 0.154. The highest BCUT2D eigenvalue weighted by Gasteiger charge is 2.30. The highest BCUT2D eigenvalue weighted by atomic mass is 35.5. The number of amides is 1. The third-order valence-corrected chi connectivity index (χ3v) is 6.46. The van der Waals surface area contributed by atoms with Crippen LogP contribution in [0.2, 0.25) is 5.02 Å². The summed E-state index contributed by atoms with van der Waals surface area (Å²) in [6, 6.07) is 14.1. The summed E-state index contributed by atoms with van der Waals surface area (Å²) in [7, 11) is 0. The largest absolute Gasteiger partial charge is 0.416 e. The fourth-order valence-corrected chi connectivity index (χ4v) is 4.79. The molecule has 0 aliphatic rings. The molecule has 0 unspecified atom stereocenters. The number of nitrogens with zero attached hydrogens (tertiary/aromatic N) is 3. The Bertz CT molecular complexity index is 1420. The number of aryl methyl sites for hydroxylation is 3. The third kappa shape index (κ3) is 4.98. The molecule has 4 aromatic rings. The Balaban J connectivity index is 1.83. The van der Waals surface area contributed by atoms with Crippen molar-refractivity contribution >= 4 is 28.5 Å². The van der Waals surface area contributed by atoms with Crippen molar-refractivity contribution in [2.45, 2.75) is 53.4 Å². The first-order chi connectivity index (χ1) is 16.9. The van der Waals surface area contributed by atoms with E-state index < -0.39 is 11.7 Å². The first-order valence-electron chi connectivity index (χ1n) is 11.6. The second kappa shape index (κ2) is 9.62. The molecule has 0 spiro atoms. The third-order valence-electron chi connectivity index (χ3n) is 6.24. The SMILES string of the molecule is Cc1ccc2c(c1)nc(CN(C(=O)c1c(C)cc(Cl)cc1C)C(C)C)n2-c1ccc(C(F)(F)F)cc1. The van der Waals surface area contributed by atoms with Gasteiger partial charge in [0.2, 0.25) is 0 Å². The van der Waals surface area contributed by atoms with Crippen LogP contribution in [0, 0.1) is 20.8 Å². The van der Waals surface area contributed by atoms with Gasteiger partial charge in [-0.3, -0.25) is 9.36 Å². The van der Waals surface area contributed by atoms with Crippen molar-refractivity contribution in [3.63, 3.8) is 0 Å². The van der Waals surface area contributed by atoms with Crippen molar-refractivity contribution in [3.8, 4) is 5.69 Å². The van der Waals surface area contributed by atoms with Gasteiger partial charge in [0.05, 0.1) is 23.1 Å². The van der Waals surface area contributed by atoms with E-state index in [-0.39, 0.29) is 18.5 Å². The van der Waals surface area contributed by atoms with Gasteiger partial charge in [-0.15, -0.1) is 0 Å². The molecule has 0 bridgehead atoms. The van der Waals surface area contributed by atoms with E-state index >= 15 is 0 Å². The number of carbonyl (C=O) groups is 1. The van der Waals surface area contributed by atoms with E-state index in [0.717, 1.165) is 34.3 Å². The van der Waals surface area contributed by atoms with Gasteiger partial charge in [0.1, 0.15) is 5.82 Å². The number of halogens is 4. The zero-order valence-electron chi connectivity index (χ0n) is 20.7. The van der Waals surface area contributed by atoms with Crippen molar-refractivity contribution in [1.82, 2.24) is 14.5 Å². The maximum atomic E-state index is 13.7. The maximum Gasteiger partial charge on any atom is 0.416 e. The average Bonchev–Trinajstić information content (AvgIpc) is 3.12. The highest BCUT2D eigenvalue weighted by Crippen LogP contribution is 2.31. The molecule has 4 rings (SSSR count). The number of rotatable bonds is 5. The van der Waals surface area contributed by atoms with Gasteiger partial charge in [0.25, 0.3) is 5.91 Å². The molecule has 0 radical (unpaired) electrons. The fraction of sp³-hybridized carbons (Fsp3) is 0.286. The second-order valence-electron chi connectivity index (χ2n) is 9.34. The molecule has 4 nitrogen and oxygen atoms in total. The van der Waals surface area contributed by atoms with Gasteiger partial charge < -0.3 is 4.90 Å². The molecule has 1 heterocycles. The zero-order valence-corrected chi connectivity index (χ0v) is 21.5. The maximum absolute atomic E-state index is 13.7. The predicted molar refractivity (Wildman–Crippen MR) is 137 cm³/mol. The summed E-state index contributed by atoms with van der Waals surface area (Å²) >= 11 is 6.18. The number of fused-ring (bicyclic) bond motifs is 1. The lowest BCUT2D eigenvalue weighted by Gasteiger charge is -2.28. The minimum Gasteiger partial charge on any atom is -0.329 e. The molecule has 0 aliphatic heterocycles.